The second-order valence-corrected chi connectivity index (χ2v) is 10.6. The van der Waals surface area contributed by atoms with Gasteiger partial charge in [-0.1, -0.05) is 31.2 Å². The van der Waals surface area contributed by atoms with Crippen molar-refractivity contribution in [3.63, 3.8) is 0 Å². The minimum Gasteiger partial charge on any atom is -0.493 e. The second kappa shape index (κ2) is 12.6. The third kappa shape index (κ3) is 6.74. The SMILES string of the molecule is CCCOc1ccccc1CCCNC(=O)CN(c1cccc(F)c1)S(=O)(=O)c1ccc2c(c1)OCCO2. The fourth-order valence-corrected chi connectivity index (χ4v) is 5.44. The van der Waals surface area contributed by atoms with Crippen LogP contribution in [0.25, 0.3) is 0 Å². The van der Waals surface area contributed by atoms with E-state index in [0.717, 1.165) is 28.1 Å². The number of fused-ring (bicyclic) bond motifs is 1. The van der Waals surface area contributed by atoms with Crippen LogP contribution in [-0.4, -0.2) is 47.2 Å². The van der Waals surface area contributed by atoms with Crippen molar-refractivity contribution >= 4 is 21.6 Å². The lowest BCUT2D eigenvalue weighted by atomic mass is 10.1. The van der Waals surface area contributed by atoms with Crippen LogP contribution in [-0.2, 0) is 21.2 Å². The summed E-state index contributed by atoms with van der Waals surface area (Å²) in [5.74, 6) is 0.430. The summed E-state index contributed by atoms with van der Waals surface area (Å²) >= 11 is 0. The number of hydrogen-bond acceptors (Lipinski definition) is 6. The Bertz CT molecular complexity index is 1360. The summed E-state index contributed by atoms with van der Waals surface area (Å²) in [6.07, 6.45) is 2.22. The number of nitrogens with zero attached hydrogens (tertiary/aromatic N) is 1. The molecular weight excluding hydrogens is 511 g/mol. The average molecular weight is 543 g/mol. The number of anilines is 1. The van der Waals surface area contributed by atoms with Gasteiger partial charge in [0.15, 0.2) is 11.5 Å². The summed E-state index contributed by atoms with van der Waals surface area (Å²) in [5, 5.41) is 2.78. The zero-order chi connectivity index (χ0) is 27.0. The Hall–Kier alpha value is -3.79. The molecule has 1 aliphatic rings. The van der Waals surface area contributed by atoms with E-state index in [4.69, 9.17) is 14.2 Å². The highest BCUT2D eigenvalue weighted by Gasteiger charge is 2.29. The lowest BCUT2D eigenvalue weighted by Crippen LogP contribution is -2.41. The van der Waals surface area contributed by atoms with Gasteiger partial charge < -0.3 is 19.5 Å². The number of halogens is 1. The summed E-state index contributed by atoms with van der Waals surface area (Å²) in [5.41, 5.74) is 1.08. The molecule has 1 aliphatic heterocycles. The van der Waals surface area contributed by atoms with Crippen LogP contribution in [0.15, 0.2) is 71.6 Å². The molecule has 1 heterocycles. The Kier molecular flexibility index (Phi) is 9.06. The molecule has 0 saturated carbocycles. The van der Waals surface area contributed by atoms with Crippen molar-refractivity contribution in [3.8, 4) is 17.2 Å². The minimum atomic E-state index is -4.23. The molecule has 202 valence electrons. The first-order chi connectivity index (χ1) is 18.4. The van der Waals surface area contributed by atoms with Gasteiger partial charge in [0, 0.05) is 12.6 Å². The van der Waals surface area contributed by atoms with Crippen molar-refractivity contribution in [2.24, 2.45) is 0 Å². The number of benzene rings is 3. The molecule has 10 heteroatoms. The Morgan fingerprint density at radius 1 is 1.03 bits per heavy atom. The first-order valence-electron chi connectivity index (χ1n) is 12.5. The number of nitrogens with one attached hydrogen (secondary N) is 1. The predicted molar refractivity (Wildman–Crippen MR) is 142 cm³/mol. The van der Waals surface area contributed by atoms with E-state index in [-0.39, 0.29) is 10.6 Å². The number of ether oxygens (including phenoxy) is 3. The van der Waals surface area contributed by atoms with Crippen LogP contribution in [0.2, 0.25) is 0 Å². The molecule has 38 heavy (non-hydrogen) atoms. The molecule has 1 N–H and O–H groups in total. The van der Waals surface area contributed by atoms with Crippen LogP contribution in [0.4, 0.5) is 10.1 Å². The van der Waals surface area contributed by atoms with Crippen LogP contribution in [0.5, 0.6) is 17.2 Å². The van der Waals surface area contributed by atoms with Gasteiger partial charge in [-0.25, -0.2) is 12.8 Å². The Morgan fingerprint density at radius 3 is 2.61 bits per heavy atom. The summed E-state index contributed by atoms with van der Waals surface area (Å²) in [7, 11) is -4.23. The molecule has 0 atom stereocenters. The van der Waals surface area contributed by atoms with Gasteiger partial charge in [-0.15, -0.1) is 0 Å². The molecule has 0 fully saturated rings. The number of rotatable bonds is 12. The molecule has 4 rings (SSSR count). The number of carbonyl (C=O) groups excluding carboxylic acids is 1. The maximum atomic E-state index is 14.0. The first kappa shape index (κ1) is 27.3. The fourth-order valence-electron chi connectivity index (χ4n) is 4.01. The largest absolute Gasteiger partial charge is 0.493 e. The second-order valence-electron chi connectivity index (χ2n) is 8.71. The predicted octanol–water partition coefficient (Wildman–Crippen LogP) is 4.33. The fraction of sp³-hybridized carbons (Fsp3) is 0.321. The summed E-state index contributed by atoms with van der Waals surface area (Å²) in [6.45, 7) is 3.15. The molecule has 0 aliphatic carbocycles. The maximum Gasteiger partial charge on any atom is 0.264 e. The summed E-state index contributed by atoms with van der Waals surface area (Å²) < 4.78 is 58.9. The molecule has 0 bridgehead atoms. The molecule has 3 aromatic rings. The lowest BCUT2D eigenvalue weighted by molar-refractivity contribution is -0.119. The van der Waals surface area contributed by atoms with Crippen molar-refractivity contribution in [2.75, 3.05) is 37.2 Å². The van der Waals surface area contributed by atoms with Crippen molar-refractivity contribution in [3.05, 3.63) is 78.1 Å². The van der Waals surface area contributed by atoms with Crippen LogP contribution in [0, 0.1) is 5.82 Å². The van der Waals surface area contributed by atoms with Gasteiger partial charge >= 0.3 is 0 Å². The maximum absolute atomic E-state index is 14.0. The molecule has 3 aromatic carbocycles. The van der Waals surface area contributed by atoms with E-state index in [0.29, 0.717) is 50.7 Å². The lowest BCUT2D eigenvalue weighted by Gasteiger charge is -2.25. The minimum absolute atomic E-state index is 0.0389. The smallest absolute Gasteiger partial charge is 0.264 e. The van der Waals surface area contributed by atoms with E-state index in [1.165, 1.54) is 36.4 Å². The van der Waals surface area contributed by atoms with E-state index in [2.05, 4.69) is 5.32 Å². The molecule has 0 unspecified atom stereocenters. The summed E-state index contributed by atoms with van der Waals surface area (Å²) in [4.78, 5) is 12.8. The van der Waals surface area contributed by atoms with Gasteiger partial charge in [0.2, 0.25) is 5.91 Å². The first-order valence-corrected chi connectivity index (χ1v) is 14.0. The molecule has 0 spiro atoms. The highest BCUT2D eigenvalue weighted by molar-refractivity contribution is 7.92. The molecule has 8 nitrogen and oxygen atoms in total. The van der Waals surface area contributed by atoms with Crippen molar-refractivity contribution in [1.82, 2.24) is 5.32 Å². The standard InChI is InChI=1S/C28H31FN2O6S/c1-2-15-35-25-11-4-3-7-21(25)8-6-14-30-28(32)20-31(23-10-5-9-22(29)18-23)38(33,34)24-12-13-26-27(19-24)37-17-16-36-26/h3-5,7,9-13,18-19H,2,6,8,14-17,20H2,1H3,(H,30,32). The number of aryl methyl sites for hydroxylation is 1. The monoisotopic (exact) mass is 542 g/mol. The van der Waals surface area contributed by atoms with Crippen molar-refractivity contribution in [2.45, 2.75) is 31.1 Å². The Morgan fingerprint density at radius 2 is 1.82 bits per heavy atom. The third-order valence-electron chi connectivity index (χ3n) is 5.86. The van der Waals surface area contributed by atoms with E-state index in [9.17, 15) is 17.6 Å². The van der Waals surface area contributed by atoms with Crippen LogP contribution < -0.4 is 23.8 Å². The molecular formula is C28H31FN2O6S. The quantitative estimate of drug-likeness (QED) is 0.343. The van der Waals surface area contributed by atoms with E-state index in [1.54, 1.807) is 0 Å². The van der Waals surface area contributed by atoms with E-state index in [1.807, 2.05) is 31.2 Å². The zero-order valence-electron chi connectivity index (χ0n) is 21.2. The van der Waals surface area contributed by atoms with Crippen LogP contribution in [0.3, 0.4) is 0 Å². The third-order valence-corrected chi connectivity index (χ3v) is 7.63. The van der Waals surface area contributed by atoms with Gasteiger partial charge in [0.25, 0.3) is 10.0 Å². The van der Waals surface area contributed by atoms with Crippen molar-refractivity contribution < 1.29 is 31.8 Å². The number of amides is 1. The van der Waals surface area contributed by atoms with Crippen LogP contribution in [0.1, 0.15) is 25.3 Å². The van der Waals surface area contributed by atoms with E-state index >= 15 is 0 Å². The highest BCUT2D eigenvalue weighted by atomic mass is 32.2. The molecule has 1 amide bonds. The zero-order valence-corrected chi connectivity index (χ0v) is 22.0. The molecule has 0 saturated heterocycles. The number of para-hydroxylation sites is 1. The van der Waals surface area contributed by atoms with Gasteiger partial charge in [0.1, 0.15) is 31.3 Å². The highest BCUT2D eigenvalue weighted by Crippen LogP contribution is 2.34. The van der Waals surface area contributed by atoms with Crippen molar-refractivity contribution in [1.29, 1.82) is 0 Å². The Balaban J connectivity index is 1.45. The van der Waals surface area contributed by atoms with Crippen LogP contribution >= 0.6 is 0 Å². The molecule has 0 radical (unpaired) electrons. The van der Waals surface area contributed by atoms with Gasteiger partial charge in [-0.3, -0.25) is 9.10 Å². The average Bonchev–Trinajstić information content (AvgIpc) is 2.93. The van der Waals surface area contributed by atoms with Gasteiger partial charge in [-0.05, 0) is 61.2 Å². The van der Waals surface area contributed by atoms with E-state index < -0.39 is 28.3 Å². The molecule has 0 aromatic heterocycles. The normalized spacial score (nSPS) is 12.6. The summed E-state index contributed by atoms with van der Waals surface area (Å²) in [6, 6.07) is 17.1. The van der Waals surface area contributed by atoms with Gasteiger partial charge in [0.05, 0.1) is 17.2 Å². The van der Waals surface area contributed by atoms with Gasteiger partial charge in [-0.2, -0.15) is 0 Å². The Labute approximate surface area is 222 Å². The number of hydrogen-bond donors (Lipinski definition) is 1. The topological polar surface area (TPSA) is 94.2 Å². The number of sulfonamides is 1. The number of carbonyl (C=O) groups is 1.